The first-order valence-electron chi connectivity index (χ1n) is 9.50. The molecule has 4 rings (SSSR count). The average molecular weight is 417 g/mol. The summed E-state index contributed by atoms with van der Waals surface area (Å²) in [6, 6.07) is 18.4. The van der Waals surface area contributed by atoms with E-state index in [9.17, 15) is 14.9 Å². The number of carbonyl (C=O) groups excluding carboxylic acids is 2. The van der Waals surface area contributed by atoms with Crippen molar-refractivity contribution in [1.82, 2.24) is 4.90 Å². The number of anilines is 1. The Morgan fingerprint density at radius 2 is 1.87 bits per heavy atom. The lowest BCUT2D eigenvalue weighted by Gasteiger charge is -2.25. The van der Waals surface area contributed by atoms with E-state index in [-0.39, 0.29) is 11.8 Å². The van der Waals surface area contributed by atoms with Gasteiger partial charge >= 0.3 is 0 Å². The first-order valence-corrected chi connectivity index (χ1v) is 10.3. The van der Waals surface area contributed by atoms with Crippen LogP contribution in [0.4, 0.5) is 5.00 Å². The summed E-state index contributed by atoms with van der Waals surface area (Å²) in [4.78, 5) is 27.4. The quantitative estimate of drug-likeness (QED) is 0.674. The highest BCUT2D eigenvalue weighted by Gasteiger charge is 2.26. The smallest absolute Gasteiger partial charge is 0.260 e. The summed E-state index contributed by atoms with van der Waals surface area (Å²) in [7, 11) is 0. The number of hydrogen-bond donors (Lipinski definition) is 1. The lowest BCUT2D eigenvalue weighted by atomic mass is 10.0. The molecule has 0 spiro atoms. The van der Waals surface area contributed by atoms with Gasteiger partial charge in [-0.05, 0) is 36.2 Å². The minimum absolute atomic E-state index is 0.00475. The Morgan fingerprint density at radius 3 is 2.60 bits per heavy atom. The number of ether oxygens (including phenoxy) is 1. The third-order valence-corrected chi connectivity index (χ3v) is 6.08. The Hall–Kier alpha value is -3.63. The van der Waals surface area contributed by atoms with Crippen molar-refractivity contribution in [2.24, 2.45) is 0 Å². The maximum absolute atomic E-state index is 13.0. The summed E-state index contributed by atoms with van der Waals surface area (Å²) < 4.78 is 5.88. The van der Waals surface area contributed by atoms with Crippen molar-refractivity contribution in [3.8, 4) is 17.6 Å². The molecule has 0 saturated carbocycles. The maximum atomic E-state index is 13.0. The van der Waals surface area contributed by atoms with Crippen molar-refractivity contribution in [3.05, 3.63) is 76.2 Å². The number of amides is 2. The molecule has 0 radical (unpaired) electrons. The molecule has 3 aromatic rings. The number of nitrogens with one attached hydrogen (secondary N) is 1. The molecule has 1 aliphatic rings. The van der Waals surface area contributed by atoms with Gasteiger partial charge in [0.1, 0.15) is 22.6 Å². The monoisotopic (exact) mass is 417 g/mol. The molecule has 0 saturated heterocycles. The molecule has 7 heteroatoms. The zero-order valence-electron chi connectivity index (χ0n) is 16.3. The van der Waals surface area contributed by atoms with E-state index >= 15 is 0 Å². The molecular weight excluding hydrogens is 398 g/mol. The third-order valence-electron chi connectivity index (χ3n) is 4.94. The van der Waals surface area contributed by atoms with Crippen LogP contribution >= 0.6 is 11.3 Å². The second-order valence-electron chi connectivity index (χ2n) is 6.88. The van der Waals surface area contributed by atoms with Crippen LogP contribution < -0.4 is 10.1 Å². The first kappa shape index (κ1) is 19.7. The molecule has 150 valence electrons. The fourth-order valence-corrected chi connectivity index (χ4v) is 4.62. The van der Waals surface area contributed by atoms with Crippen LogP contribution in [0.3, 0.4) is 0 Å². The van der Waals surface area contributed by atoms with Crippen LogP contribution in [0.5, 0.6) is 11.5 Å². The normalized spacial score (nSPS) is 12.6. The largest absolute Gasteiger partial charge is 0.457 e. The SMILES string of the molecule is CC(=O)N1CCc2c(sc(NC(=O)c3ccccc3Oc3ccccc3)c2C#N)C1. The standard InChI is InChI=1S/C23H19N3O3S/c1-15(27)26-12-11-17-19(13-24)23(30-21(17)14-26)25-22(28)18-9-5-6-10-20(18)29-16-7-3-2-4-8-16/h2-10H,11-12,14H2,1H3,(H,25,28). The van der Waals surface area contributed by atoms with Gasteiger partial charge in [-0.25, -0.2) is 0 Å². The van der Waals surface area contributed by atoms with Crippen LogP contribution in [0.25, 0.3) is 0 Å². The number of nitriles is 1. The second kappa shape index (κ2) is 8.39. The van der Waals surface area contributed by atoms with Gasteiger partial charge in [0.25, 0.3) is 5.91 Å². The number of carbonyl (C=O) groups is 2. The van der Waals surface area contributed by atoms with Gasteiger partial charge in [-0.15, -0.1) is 11.3 Å². The molecule has 1 N–H and O–H groups in total. The molecule has 30 heavy (non-hydrogen) atoms. The highest BCUT2D eigenvalue weighted by atomic mass is 32.1. The summed E-state index contributed by atoms with van der Waals surface area (Å²) in [5.74, 6) is 0.723. The number of fused-ring (bicyclic) bond motifs is 1. The lowest BCUT2D eigenvalue weighted by molar-refractivity contribution is -0.129. The zero-order valence-corrected chi connectivity index (χ0v) is 17.2. The Balaban J connectivity index is 1.60. The molecule has 6 nitrogen and oxygen atoms in total. The Kier molecular flexibility index (Phi) is 5.50. The van der Waals surface area contributed by atoms with E-state index in [1.807, 2.05) is 30.3 Å². The molecule has 0 fully saturated rings. The molecule has 1 aliphatic heterocycles. The summed E-state index contributed by atoms with van der Waals surface area (Å²) in [5.41, 5.74) is 1.78. The van der Waals surface area contributed by atoms with E-state index < -0.39 is 0 Å². The Labute approximate surface area is 178 Å². The fraction of sp³-hybridized carbons (Fsp3) is 0.174. The number of nitrogens with zero attached hydrogens (tertiary/aromatic N) is 2. The van der Waals surface area contributed by atoms with Gasteiger partial charge in [-0.1, -0.05) is 30.3 Å². The van der Waals surface area contributed by atoms with Crippen LogP contribution in [0.2, 0.25) is 0 Å². The van der Waals surface area contributed by atoms with E-state index in [2.05, 4.69) is 11.4 Å². The van der Waals surface area contributed by atoms with E-state index in [0.29, 0.717) is 47.1 Å². The third kappa shape index (κ3) is 3.91. The van der Waals surface area contributed by atoms with Crippen molar-refractivity contribution >= 4 is 28.2 Å². The minimum Gasteiger partial charge on any atom is -0.457 e. The van der Waals surface area contributed by atoms with Crippen LogP contribution in [0, 0.1) is 11.3 Å². The average Bonchev–Trinajstić information content (AvgIpc) is 3.10. The molecule has 0 bridgehead atoms. The molecule has 0 atom stereocenters. The van der Waals surface area contributed by atoms with E-state index in [4.69, 9.17) is 4.74 Å². The van der Waals surface area contributed by atoms with Crippen molar-refractivity contribution in [3.63, 3.8) is 0 Å². The first-order chi connectivity index (χ1) is 14.6. The van der Waals surface area contributed by atoms with Crippen LogP contribution in [-0.2, 0) is 17.8 Å². The highest BCUT2D eigenvalue weighted by Crippen LogP contribution is 2.37. The molecule has 0 aliphatic carbocycles. The molecule has 2 amide bonds. The van der Waals surface area contributed by atoms with Gasteiger partial charge in [0.05, 0.1) is 17.7 Å². The van der Waals surface area contributed by atoms with E-state index in [0.717, 1.165) is 10.4 Å². The maximum Gasteiger partial charge on any atom is 0.260 e. The molecular formula is C23H19N3O3S. The summed E-state index contributed by atoms with van der Waals surface area (Å²) in [6.07, 6.45) is 0.609. The van der Waals surface area contributed by atoms with Crippen LogP contribution in [-0.4, -0.2) is 23.3 Å². The van der Waals surface area contributed by atoms with Gasteiger partial charge in [0.2, 0.25) is 5.91 Å². The van der Waals surface area contributed by atoms with E-state index in [1.54, 1.807) is 29.2 Å². The molecule has 1 aromatic heterocycles. The Morgan fingerprint density at radius 1 is 1.13 bits per heavy atom. The van der Waals surface area contributed by atoms with Crippen molar-refractivity contribution in [2.75, 3.05) is 11.9 Å². The van der Waals surface area contributed by atoms with Gasteiger partial charge in [-0.3, -0.25) is 9.59 Å². The predicted molar refractivity (Wildman–Crippen MR) is 115 cm³/mol. The van der Waals surface area contributed by atoms with Gasteiger partial charge in [-0.2, -0.15) is 5.26 Å². The summed E-state index contributed by atoms with van der Waals surface area (Å²) >= 11 is 1.35. The number of rotatable bonds is 4. The molecule has 2 heterocycles. The number of benzene rings is 2. The van der Waals surface area contributed by atoms with Crippen molar-refractivity contribution < 1.29 is 14.3 Å². The van der Waals surface area contributed by atoms with Gasteiger partial charge < -0.3 is 15.0 Å². The summed E-state index contributed by atoms with van der Waals surface area (Å²) in [6.45, 7) is 2.58. The van der Waals surface area contributed by atoms with Crippen LogP contribution in [0.15, 0.2) is 54.6 Å². The summed E-state index contributed by atoms with van der Waals surface area (Å²) in [5, 5.41) is 13.1. The van der Waals surface area contributed by atoms with Crippen molar-refractivity contribution in [2.45, 2.75) is 19.9 Å². The number of hydrogen-bond acceptors (Lipinski definition) is 5. The highest BCUT2D eigenvalue weighted by molar-refractivity contribution is 7.16. The molecule has 0 unspecified atom stereocenters. The van der Waals surface area contributed by atoms with Gasteiger partial charge in [0, 0.05) is 18.3 Å². The van der Waals surface area contributed by atoms with Crippen molar-refractivity contribution in [1.29, 1.82) is 5.26 Å². The number of thiophene rings is 1. The second-order valence-corrected chi connectivity index (χ2v) is 7.98. The lowest BCUT2D eigenvalue weighted by Crippen LogP contribution is -2.33. The zero-order chi connectivity index (χ0) is 21.1. The molecule has 2 aromatic carbocycles. The predicted octanol–water partition coefficient (Wildman–Crippen LogP) is 4.57. The van der Waals surface area contributed by atoms with E-state index in [1.165, 1.54) is 18.3 Å². The minimum atomic E-state index is -0.347. The van der Waals surface area contributed by atoms with Crippen LogP contribution in [0.1, 0.15) is 33.3 Å². The Bertz CT molecular complexity index is 1150. The van der Waals surface area contributed by atoms with Gasteiger partial charge in [0.15, 0.2) is 0 Å². The topological polar surface area (TPSA) is 82.4 Å². The number of para-hydroxylation sites is 2. The fourth-order valence-electron chi connectivity index (χ4n) is 3.41.